The smallest absolute Gasteiger partial charge is 0.270 e. The fourth-order valence-electron chi connectivity index (χ4n) is 3.09. The number of benzene rings is 1. The lowest BCUT2D eigenvalue weighted by Crippen LogP contribution is -2.31. The molecule has 0 atom stereocenters. The van der Waals surface area contributed by atoms with Crippen LogP contribution in [0.4, 0.5) is 0 Å². The number of amides is 2. The minimum absolute atomic E-state index is 0.0119. The maximum absolute atomic E-state index is 12.5. The molecular formula is C23H22N6O2. The van der Waals surface area contributed by atoms with E-state index >= 15 is 0 Å². The molecule has 0 saturated heterocycles. The normalized spacial score (nSPS) is 10.9. The lowest BCUT2D eigenvalue weighted by atomic mass is 10.2. The average Bonchev–Trinajstić information content (AvgIpc) is 3.26. The zero-order valence-corrected chi connectivity index (χ0v) is 17.2. The quantitative estimate of drug-likeness (QED) is 0.505. The number of rotatable bonds is 6. The van der Waals surface area contributed by atoms with E-state index in [9.17, 15) is 9.59 Å². The maximum Gasteiger partial charge on any atom is 0.270 e. The molecule has 156 valence electrons. The molecule has 31 heavy (non-hydrogen) atoms. The summed E-state index contributed by atoms with van der Waals surface area (Å²) in [5.74, 6) is -0.666. The Hall–Kier alpha value is -4.07. The van der Waals surface area contributed by atoms with Gasteiger partial charge in [-0.3, -0.25) is 14.6 Å². The SMILES string of the molecule is CC(C)NC(=O)c1cccc(C(=O)NCc2cnn(-c3ccc4ncccc4c3)c2)n1. The number of nitrogens with one attached hydrogen (secondary N) is 2. The molecule has 0 spiro atoms. The van der Waals surface area contributed by atoms with E-state index in [-0.39, 0.29) is 35.8 Å². The van der Waals surface area contributed by atoms with Crippen LogP contribution in [0.3, 0.4) is 0 Å². The molecule has 8 heteroatoms. The second kappa shape index (κ2) is 8.74. The molecule has 0 saturated carbocycles. The highest BCUT2D eigenvalue weighted by Gasteiger charge is 2.13. The average molecular weight is 414 g/mol. The van der Waals surface area contributed by atoms with Gasteiger partial charge in [0.15, 0.2) is 0 Å². The zero-order chi connectivity index (χ0) is 21.8. The third-order valence-corrected chi connectivity index (χ3v) is 4.57. The Balaban J connectivity index is 1.42. The van der Waals surface area contributed by atoms with Crippen LogP contribution in [-0.4, -0.2) is 37.6 Å². The molecule has 0 fully saturated rings. The third-order valence-electron chi connectivity index (χ3n) is 4.57. The van der Waals surface area contributed by atoms with Gasteiger partial charge < -0.3 is 10.6 Å². The van der Waals surface area contributed by atoms with Gasteiger partial charge in [-0.05, 0) is 50.2 Å². The van der Waals surface area contributed by atoms with Gasteiger partial charge in [0.2, 0.25) is 0 Å². The molecule has 3 aromatic heterocycles. The number of hydrogen-bond donors (Lipinski definition) is 2. The molecule has 3 heterocycles. The highest BCUT2D eigenvalue weighted by molar-refractivity contribution is 5.96. The van der Waals surface area contributed by atoms with E-state index in [1.54, 1.807) is 35.3 Å². The van der Waals surface area contributed by atoms with Gasteiger partial charge >= 0.3 is 0 Å². The van der Waals surface area contributed by atoms with Crippen molar-refractivity contribution >= 4 is 22.7 Å². The molecular weight excluding hydrogens is 392 g/mol. The largest absolute Gasteiger partial charge is 0.349 e. The van der Waals surface area contributed by atoms with Crippen LogP contribution in [0.5, 0.6) is 0 Å². The van der Waals surface area contributed by atoms with E-state index in [0.717, 1.165) is 22.2 Å². The topological polar surface area (TPSA) is 102 Å². The summed E-state index contributed by atoms with van der Waals surface area (Å²) in [5, 5.41) is 11.0. The maximum atomic E-state index is 12.5. The standard InChI is InChI=1S/C23H22N6O2/c1-15(2)27-23(31)21-7-3-6-20(28-21)22(30)25-12-16-13-26-29(14-16)18-8-9-19-17(11-18)5-4-10-24-19/h3-11,13-15H,12H2,1-2H3,(H,25,30)(H,27,31). The highest BCUT2D eigenvalue weighted by atomic mass is 16.2. The summed E-state index contributed by atoms with van der Waals surface area (Å²) >= 11 is 0. The summed E-state index contributed by atoms with van der Waals surface area (Å²) in [6.45, 7) is 4.02. The second-order valence-corrected chi connectivity index (χ2v) is 7.39. The lowest BCUT2D eigenvalue weighted by Gasteiger charge is -2.09. The van der Waals surface area contributed by atoms with E-state index in [1.807, 2.05) is 50.4 Å². The number of fused-ring (bicyclic) bond motifs is 1. The summed E-state index contributed by atoms with van der Waals surface area (Å²) in [4.78, 5) is 33.1. The second-order valence-electron chi connectivity index (χ2n) is 7.39. The van der Waals surface area contributed by atoms with Gasteiger partial charge in [-0.25, -0.2) is 9.67 Å². The molecule has 1 aromatic carbocycles. The summed E-state index contributed by atoms with van der Waals surface area (Å²) in [5.41, 5.74) is 3.06. The van der Waals surface area contributed by atoms with Crippen molar-refractivity contribution in [1.29, 1.82) is 0 Å². The Morgan fingerprint density at radius 2 is 1.84 bits per heavy atom. The molecule has 0 aliphatic rings. The van der Waals surface area contributed by atoms with Gasteiger partial charge in [-0.15, -0.1) is 0 Å². The molecule has 2 amide bonds. The monoisotopic (exact) mass is 414 g/mol. The van der Waals surface area contributed by atoms with Crippen molar-refractivity contribution in [2.75, 3.05) is 0 Å². The van der Waals surface area contributed by atoms with Crippen LogP contribution in [0.25, 0.3) is 16.6 Å². The third kappa shape index (κ3) is 4.75. The summed E-state index contributed by atoms with van der Waals surface area (Å²) in [7, 11) is 0. The Kier molecular flexibility index (Phi) is 5.70. The molecule has 0 aliphatic carbocycles. The first-order chi connectivity index (χ1) is 15.0. The molecule has 0 radical (unpaired) electrons. The summed E-state index contributed by atoms with van der Waals surface area (Å²) in [6.07, 6.45) is 5.32. The van der Waals surface area contributed by atoms with Crippen LogP contribution in [0.2, 0.25) is 0 Å². The van der Waals surface area contributed by atoms with Gasteiger partial charge in [0.05, 0.1) is 17.4 Å². The van der Waals surface area contributed by atoms with Gasteiger partial charge in [-0.2, -0.15) is 5.10 Å². The van der Waals surface area contributed by atoms with Gasteiger partial charge in [-0.1, -0.05) is 12.1 Å². The molecule has 0 unspecified atom stereocenters. The molecule has 0 aliphatic heterocycles. The van der Waals surface area contributed by atoms with E-state index in [4.69, 9.17) is 0 Å². The van der Waals surface area contributed by atoms with E-state index in [2.05, 4.69) is 25.7 Å². The minimum Gasteiger partial charge on any atom is -0.349 e. The fourth-order valence-corrected chi connectivity index (χ4v) is 3.09. The number of carbonyl (C=O) groups excluding carboxylic acids is 2. The van der Waals surface area contributed by atoms with Crippen LogP contribution in [0.1, 0.15) is 40.4 Å². The number of pyridine rings is 2. The first-order valence-corrected chi connectivity index (χ1v) is 9.94. The van der Waals surface area contributed by atoms with Crippen LogP contribution in [0, 0.1) is 0 Å². The van der Waals surface area contributed by atoms with Gasteiger partial charge in [0, 0.05) is 35.9 Å². The van der Waals surface area contributed by atoms with Gasteiger partial charge in [0.25, 0.3) is 11.8 Å². The van der Waals surface area contributed by atoms with Crippen molar-refractivity contribution in [1.82, 2.24) is 30.4 Å². The molecule has 4 aromatic rings. The highest BCUT2D eigenvalue weighted by Crippen LogP contribution is 2.16. The van der Waals surface area contributed by atoms with Crippen molar-refractivity contribution in [3.05, 3.63) is 84.1 Å². The van der Waals surface area contributed by atoms with Crippen molar-refractivity contribution < 1.29 is 9.59 Å². The number of hydrogen-bond acceptors (Lipinski definition) is 5. The van der Waals surface area contributed by atoms with Crippen LogP contribution >= 0.6 is 0 Å². The van der Waals surface area contributed by atoms with Crippen molar-refractivity contribution in [2.45, 2.75) is 26.4 Å². The Labute approximate surface area is 179 Å². The Morgan fingerprint density at radius 3 is 2.65 bits per heavy atom. The Bertz CT molecular complexity index is 1250. The lowest BCUT2D eigenvalue weighted by molar-refractivity contribution is 0.0936. The number of nitrogens with zero attached hydrogens (tertiary/aromatic N) is 4. The van der Waals surface area contributed by atoms with Crippen LogP contribution < -0.4 is 10.6 Å². The summed E-state index contributed by atoms with van der Waals surface area (Å²) in [6, 6.07) is 14.6. The van der Waals surface area contributed by atoms with E-state index in [0.29, 0.717) is 0 Å². The molecule has 4 rings (SSSR count). The number of carbonyl (C=O) groups is 2. The first-order valence-electron chi connectivity index (χ1n) is 9.94. The van der Waals surface area contributed by atoms with Crippen molar-refractivity contribution in [2.24, 2.45) is 0 Å². The summed E-state index contributed by atoms with van der Waals surface area (Å²) < 4.78 is 1.75. The molecule has 2 N–H and O–H groups in total. The molecule has 8 nitrogen and oxygen atoms in total. The van der Waals surface area contributed by atoms with E-state index in [1.165, 1.54) is 0 Å². The first kappa shape index (κ1) is 20.2. The van der Waals surface area contributed by atoms with Crippen molar-refractivity contribution in [3.8, 4) is 5.69 Å². The predicted molar refractivity (Wildman–Crippen MR) is 117 cm³/mol. The Morgan fingerprint density at radius 1 is 1.03 bits per heavy atom. The molecule has 0 bridgehead atoms. The fraction of sp³-hybridized carbons (Fsp3) is 0.174. The minimum atomic E-state index is -0.358. The van der Waals surface area contributed by atoms with Crippen molar-refractivity contribution in [3.63, 3.8) is 0 Å². The van der Waals surface area contributed by atoms with Gasteiger partial charge in [0.1, 0.15) is 11.4 Å². The van der Waals surface area contributed by atoms with E-state index < -0.39 is 0 Å². The number of aromatic nitrogens is 4. The zero-order valence-electron chi connectivity index (χ0n) is 17.2. The predicted octanol–water partition coefficient (Wildman–Crippen LogP) is 2.88. The van der Waals surface area contributed by atoms with Crippen LogP contribution in [-0.2, 0) is 6.54 Å². The van der Waals surface area contributed by atoms with Crippen LogP contribution in [0.15, 0.2) is 67.1 Å².